The van der Waals surface area contributed by atoms with Crippen molar-refractivity contribution in [1.29, 1.82) is 0 Å². The van der Waals surface area contributed by atoms with Crippen LogP contribution < -0.4 is 0 Å². The van der Waals surface area contributed by atoms with Crippen molar-refractivity contribution >= 4 is 11.8 Å². The van der Waals surface area contributed by atoms with Gasteiger partial charge in [0, 0.05) is 32.5 Å². The van der Waals surface area contributed by atoms with E-state index in [0.717, 1.165) is 18.4 Å². The van der Waals surface area contributed by atoms with Crippen LogP contribution in [0.25, 0.3) is 0 Å². The van der Waals surface area contributed by atoms with Crippen molar-refractivity contribution in [3.63, 3.8) is 0 Å². The molecule has 2 saturated heterocycles. The minimum absolute atomic E-state index is 0.0359. The summed E-state index contributed by atoms with van der Waals surface area (Å²) in [6.07, 6.45) is 1.50. The average Bonchev–Trinajstić information content (AvgIpc) is 2.62. The van der Waals surface area contributed by atoms with Crippen LogP contribution in [-0.2, 0) is 14.3 Å². The van der Waals surface area contributed by atoms with Gasteiger partial charge in [-0.15, -0.1) is 0 Å². The second-order valence-electron chi connectivity index (χ2n) is 6.33. The molecule has 23 heavy (non-hydrogen) atoms. The molecular weight excluding hydrogens is 292 g/mol. The molecule has 3 rings (SSSR count). The summed E-state index contributed by atoms with van der Waals surface area (Å²) in [5.41, 5.74) is 1.12. The first-order valence-corrected chi connectivity index (χ1v) is 8.36. The molecule has 124 valence electrons. The van der Waals surface area contributed by atoms with Crippen LogP contribution in [-0.4, -0.2) is 54.4 Å². The first-order chi connectivity index (χ1) is 11.1. The Morgan fingerprint density at radius 3 is 2.39 bits per heavy atom. The second kappa shape index (κ2) is 7.13. The standard InChI is InChI=1S/C18H24N2O3/c1-14(21)19-9-7-16(8-10-19)18(22)20-11-12-23-17(13-20)15-5-3-2-4-6-15/h2-6,16-17H,7-13H2,1H3/t17-/m1/s1. The van der Waals surface area contributed by atoms with Gasteiger partial charge in [0.15, 0.2) is 0 Å². The Bertz CT molecular complexity index is 553. The van der Waals surface area contributed by atoms with Crippen molar-refractivity contribution in [2.45, 2.75) is 25.9 Å². The Labute approximate surface area is 137 Å². The molecule has 2 heterocycles. The average molecular weight is 316 g/mol. The Kier molecular flexibility index (Phi) is 4.96. The lowest BCUT2D eigenvalue weighted by Gasteiger charge is -2.37. The summed E-state index contributed by atoms with van der Waals surface area (Å²) in [7, 11) is 0. The predicted octanol–water partition coefficient (Wildman–Crippen LogP) is 1.84. The zero-order valence-corrected chi connectivity index (χ0v) is 13.6. The van der Waals surface area contributed by atoms with Crippen molar-refractivity contribution in [2.24, 2.45) is 5.92 Å². The molecular formula is C18H24N2O3. The van der Waals surface area contributed by atoms with Crippen LogP contribution in [0.15, 0.2) is 30.3 Å². The Morgan fingerprint density at radius 2 is 1.74 bits per heavy atom. The lowest BCUT2D eigenvalue weighted by atomic mass is 9.94. The summed E-state index contributed by atoms with van der Waals surface area (Å²) in [5, 5.41) is 0. The summed E-state index contributed by atoms with van der Waals surface area (Å²) in [5.74, 6) is 0.365. The van der Waals surface area contributed by atoms with Gasteiger partial charge in [-0.05, 0) is 18.4 Å². The zero-order chi connectivity index (χ0) is 16.2. The van der Waals surface area contributed by atoms with Gasteiger partial charge < -0.3 is 14.5 Å². The number of piperidine rings is 1. The van der Waals surface area contributed by atoms with E-state index >= 15 is 0 Å². The molecule has 0 N–H and O–H groups in total. The summed E-state index contributed by atoms with van der Waals surface area (Å²) in [4.78, 5) is 27.9. The zero-order valence-electron chi connectivity index (χ0n) is 13.6. The van der Waals surface area contributed by atoms with E-state index in [9.17, 15) is 9.59 Å². The number of hydrogen-bond donors (Lipinski definition) is 0. The van der Waals surface area contributed by atoms with Gasteiger partial charge in [0.1, 0.15) is 6.10 Å². The first-order valence-electron chi connectivity index (χ1n) is 8.36. The first kappa shape index (κ1) is 16.0. The van der Waals surface area contributed by atoms with Crippen LogP contribution in [0.1, 0.15) is 31.4 Å². The Balaban J connectivity index is 1.58. The Hall–Kier alpha value is -1.88. The number of carbonyl (C=O) groups is 2. The Morgan fingerprint density at radius 1 is 1.04 bits per heavy atom. The molecule has 0 aromatic heterocycles. The number of nitrogens with zero attached hydrogens (tertiary/aromatic N) is 2. The molecule has 2 amide bonds. The normalized spacial score (nSPS) is 22.9. The highest BCUT2D eigenvalue weighted by Gasteiger charge is 2.32. The number of amides is 2. The fourth-order valence-corrected chi connectivity index (χ4v) is 3.42. The fraction of sp³-hybridized carbons (Fsp3) is 0.556. The van der Waals surface area contributed by atoms with Crippen LogP contribution in [0, 0.1) is 5.92 Å². The summed E-state index contributed by atoms with van der Waals surface area (Å²) < 4.78 is 5.83. The van der Waals surface area contributed by atoms with Gasteiger partial charge in [-0.3, -0.25) is 9.59 Å². The molecule has 0 bridgehead atoms. The van der Waals surface area contributed by atoms with Crippen molar-refractivity contribution in [2.75, 3.05) is 32.8 Å². The maximum Gasteiger partial charge on any atom is 0.225 e. The van der Waals surface area contributed by atoms with Gasteiger partial charge in [-0.2, -0.15) is 0 Å². The van der Waals surface area contributed by atoms with Crippen LogP contribution in [0.5, 0.6) is 0 Å². The molecule has 0 unspecified atom stereocenters. The highest BCUT2D eigenvalue weighted by Crippen LogP contribution is 2.25. The monoisotopic (exact) mass is 316 g/mol. The van der Waals surface area contributed by atoms with Crippen LogP contribution in [0.2, 0.25) is 0 Å². The van der Waals surface area contributed by atoms with E-state index in [1.54, 1.807) is 6.92 Å². The van der Waals surface area contributed by atoms with E-state index in [2.05, 4.69) is 0 Å². The second-order valence-corrected chi connectivity index (χ2v) is 6.33. The number of carbonyl (C=O) groups excluding carboxylic acids is 2. The van der Waals surface area contributed by atoms with E-state index in [1.165, 1.54) is 0 Å². The molecule has 2 aliphatic rings. The number of rotatable bonds is 2. The lowest BCUT2D eigenvalue weighted by molar-refractivity contribution is -0.146. The van der Waals surface area contributed by atoms with E-state index in [1.807, 2.05) is 40.1 Å². The third kappa shape index (κ3) is 3.72. The number of hydrogen-bond acceptors (Lipinski definition) is 3. The largest absolute Gasteiger partial charge is 0.370 e. The lowest BCUT2D eigenvalue weighted by Crippen LogP contribution is -2.48. The van der Waals surface area contributed by atoms with Crippen molar-refractivity contribution < 1.29 is 14.3 Å². The van der Waals surface area contributed by atoms with E-state index in [0.29, 0.717) is 32.8 Å². The molecule has 0 spiro atoms. The molecule has 0 aliphatic carbocycles. The molecule has 2 aliphatic heterocycles. The minimum atomic E-state index is -0.0359. The quantitative estimate of drug-likeness (QED) is 0.836. The summed E-state index contributed by atoms with van der Waals surface area (Å²) in [6.45, 7) is 4.84. The van der Waals surface area contributed by atoms with Gasteiger partial charge >= 0.3 is 0 Å². The van der Waals surface area contributed by atoms with E-state index in [-0.39, 0.29) is 23.8 Å². The van der Waals surface area contributed by atoms with Gasteiger partial charge in [0.05, 0.1) is 13.2 Å². The van der Waals surface area contributed by atoms with Crippen molar-refractivity contribution in [1.82, 2.24) is 9.80 Å². The maximum absolute atomic E-state index is 12.8. The highest BCUT2D eigenvalue weighted by molar-refractivity contribution is 5.80. The number of likely N-dealkylation sites (tertiary alicyclic amines) is 1. The SMILES string of the molecule is CC(=O)N1CCC(C(=O)N2CCO[C@@H](c3ccccc3)C2)CC1. The van der Waals surface area contributed by atoms with Gasteiger partial charge in [-0.1, -0.05) is 30.3 Å². The minimum Gasteiger partial charge on any atom is -0.370 e. The van der Waals surface area contributed by atoms with Crippen LogP contribution in [0.4, 0.5) is 0 Å². The number of morpholine rings is 1. The molecule has 2 fully saturated rings. The molecule has 5 nitrogen and oxygen atoms in total. The summed E-state index contributed by atoms with van der Waals surface area (Å²) >= 11 is 0. The smallest absolute Gasteiger partial charge is 0.225 e. The van der Waals surface area contributed by atoms with E-state index in [4.69, 9.17) is 4.74 Å². The molecule has 0 radical (unpaired) electrons. The molecule has 1 atom stereocenters. The molecule has 1 aromatic rings. The fourth-order valence-electron chi connectivity index (χ4n) is 3.42. The predicted molar refractivity (Wildman–Crippen MR) is 86.7 cm³/mol. The highest BCUT2D eigenvalue weighted by atomic mass is 16.5. The molecule has 1 aromatic carbocycles. The maximum atomic E-state index is 12.8. The topological polar surface area (TPSA) is 49.9 Å². The van der Waals surface area contributed by atoms with Crippen molar-refractivity contribution in [3.8, 4) is 0 Å². The molecule has 5 heteroatoms. The van der Waals surface area contributed by atoms with Crippen molar-refractivity contribution in [3.05, 3.63) is 35.9 Å². The van der Waals surface area contributed by atoms with Crippen LogP contribution in [0.3, 0.4) is 0 Å². The number of benzene rings is 1. The van der Waals surface area contributed by atoms with Crippen LogP contribution >= 0.6 is 0 Å². The van der Waals surface area contributed by atoms with Gasteiger partial charge in [-0.25, -0.2) is 0 Å². The third-order valence-corrected chi connectivity index (χ3v) is 4.84. The summed E-state index contributed by atoms with van der Waals surface area (Å²) in [6, 6.07) is 10.1. The van der Waals surface area contributed by atoms with Gasteiger partial charge in [0.2, 0.25) is 11.8 Å². The van der Waals surface area contributed by atoms with E-state index < -0.39 is 0 Å². The van der Waals surface area contributed by atoms with Gasteiger partial charge in [0.25, 0.3) is 0 Å². The number of ether oxygens (including phenoxy) is 1. The third-order valence-electron chi connectivity index (χ3n) is 4.84. The molecule has 0 saturated carbocycles.